The van der Waals surface area contributed by atoms with Gasteiger partial charge in [0.05, 0.1) is 7.11 Å². The monoisotopic (exact) mass is 457 g/mol. The van der Waals surface area contributed by atoms with Gasteiger partial charge in [0.25, 0.3) is 0 Å². The number of para-hydroxylation sites is 2. The Morgan fingerprint density at radius 1 is 0.941 bits per heavy atom. The first-order valence-corrected chi connectivity index (χ1v) is 10.7. The van der Waals surface area contributed by atoms with Crippen LogP contribution >= 0.6 is 0 Å². The van der Waals surface area contributed by atoms with Crippen LogP contribution < -0.4 is 15.1 Å². The maximum atomic E-state index is 13.5. The molecule has 0 aliphatic heterocycles. The summed E-state index contributed by atoms with van der Waals surface area (Å²) >= 11 is 0. The fraction of sp³-hybridized carbons (Fsp3) is 0.185. The Bertz CT molecular complexity index is 1430. The van der Waals surface area contributed by atoms with Crippen LogP contribution in [0.5, 0.6) is 11.5 Å². The maximum Gasteiger partial charge on any atom is 0.359 e. The fourth-order valence-electron chi connectivity index (χ4n) is 3.90. The summed E-state index contributed by atoms with van der Waals surface area (Å²) in [5.41, 5.74) is 2.09. The van der Waals surface area contributed by atoms with Crippen molar-refractivity contribution >= 4 is 22.9 Å². The van der Waals surface area contributed by atoms with Gasteiger partial charge < -0.3 is 13.9 Å². The number of ketones is 1. The van der Waals surface area contributed by atoms with Crippen molar-refractivity contribution in [2.45, 2.75) is 26.7 Å². The second-order valence-corrected chi connectivity index (χ2v) is 8.03. The minimum atomic E-state index is -1.62. The number of nitrogens with zero attached hydrogens (tertiary/aromatic N) is 1. The van der Waals surface area contributed by atoms with Gasteiger partial charge in [-0.05, 0) is 68.3 Å². The molecule has 7 heteroatoms. The van der Waals surface area contributed by atoms with Gasteiger partial charge in [-0.25, -0.2) is 9.78 Å². The number of hydrogen-bond acceptors (Lipinski definition) is 7. The Balaban J connectivity index is 1.83. The Labute approximate surface area is 196 Å². The molecular weight excluding hydrogens is 434 g/mol. The molecule has 1 aromatic heterocycles. The first-order chi connectivity index (χ1) is 16.3. The van der Waals surface area contributed by atoms with Gasteiger partial charge in [0.2, 0.25) is 0 Å². The molecule has 1 atom stereocenters. The highest BCUT2D eigenvalue weighted by molar-refractivity contribution is 6.13. The van der Waals surface area contributed by atoms with Crippen molar-refractivity contribution in [1.29, 1.82) is 0 Å². The predicted molar refractivity (Wildman–Crippen MR) is 127 cm³/mol. The lowest BCUT2D eigenvalue weighted by Crippen LogP contribution is -2.32. The van der Waals surface area contributed by atoms with Gasteiger partial charge in [-0.3, -0.25) is 9.59 Å². The van der Waals surface area contributed by atoms with Gasteiger partial charge in [0.1, 0.15) is 22.7 Å². The van der Waals surface area contributed by atoms with Gasteiger partial charge in [-0.2, -0.15) is 0 Å². The lowest BCUT2D eigenvalue weighted by Gasteiger charge is -2.17. The number of rotatable bonds is 6. The van der Waals surface area contributed by atoms with E-state index in [4.69, 9.17) is 13.9 Å². The molecule has 1 unspecified atom stereocenters. The molecule has 172 valence electrons. The van der Waals surface area contributed by atoms with Gasteiger partial charge in [-0.15, -0.1) is 0 Å². The zero-order valence-electron chi connectivity index (χ0n) is 19.2. The normalized spacial score (nSPS) is 11.8. The van der Waals surface area contributed by atoms with E-state index in [2.05, 4.69) is 4.98 Å². The first kappa shape index (κ1) is 22.9. The van der Waals surface area contributed by atoms with Crippen molar-refractivity contribution in [3.63, 3.8) is 0 Å². The highest BCUT2D eigenvalue weighted by atomic mass is 16.5. The van der Waals surface area contributed by atoms with Crippen LogP contribution in [0.15, 0.2) is 69.9 Å². The van der Waals surface area contributed by atoms with Crippen molar-refractivity contribution in [2.24, 2.45) is 0 Å². The van der Waals surface area contributed by atoms with Crippen molar-refractivity contribution in [2.75, 3.05) is 7.11 Å². The zero-order valence-corrected chi connectivity index (χ0v) is 19.2. The van der Waals surface area contributed by atoms with Crippen LogP contribution in [0.3, 0.4) is 0 Å². The number of benzene rings is 3. The number of ether oxygens (including phenoxy) is 2. The van der Waals surface area contributed by atoms with Crippen LogP contribution in [-0.4, -0.2) is 23.8 Å². The van der Waals surface area contributed by atoms with E-state index in [9.17, 15) is 14.4 Å². The summed E-state index contributed by atoms with van der Waals surface area (Å²) in [6, 6.07) is 16.6. The fourth-order valence-corrected chi connectivity index (χ4v) is 3.90. The second-order valence-electron chi connectivity index (χ2n) is 8.03. The third-order valence-electron chi connectivity index (χ3n) is 5.47. The van der Waals surface area contributed by atoms with Crippen LogP contribution in [-0.2, 0) is 4.79 Å². The Morgan fingerprint density at radius 2 is 1.59 bits per heavy atom. The smallest absolute Gasteiger partial charge is 0.359 e. The zero-order chi connectivity index (χ0) is 24.4. The average Bonchev–Trinajstić information content (AvgIpc) is 2.81. The van der Waals surface area contributed by atoms with Crippen LogP contribution in [0.25, 0.3) is 11.1 Å². The highest BCUT2D eigenvalue weighted by Crippen LogP contribution is 2.28. The molecule has 0 aliphatic rings. The topological polar surface area (TPSA) is 95.7 Å². The van der Waals surface area contributed by atoms with Gasteiger partial charge in [0, 0.05) is 5.56 Å². The molecule has 4 rings (SSSR count). The summed E-state index contributed by atoms with van der Waals surface area (Å²) < 4.78 is 16.2. The second kappa shape index (κ2) is 9.31. The standard InChI is InChI=1S/C27H23NO6/c1-15-13-16(2)25(17(3)14-15)34-26(30)22(24(29)18-9-11-19(32-4)12-10-18)23-27(31)33-21-8-6-5-7-20(21)28-23/h5-14,22H,1-4H3. The number of esters is 1. The molecule has 4 aromatic rings. The number of carbonyl (C=O) groups excluding carboxylic acids is 2. The molecule has 0 N–H and O–H groups in total. The van der Waals surface area contributed by atoms with Crippen LogP contribution in [0, 0.1) is 20.8 Å². The van der Waals surface area contributed by atoms with Gasteiger partial charge >= 0.3 is 11.6 Å². The molecule has 0 bridgehead atoms. The highest BCUT2D eigenvalue weighted by Gasteiger charge is 2.36. The lowest BCUT2D eigenvalue weighted by molar-refractivity contribution is -0.135. The maximum absolute atomic E-state index is 13.5. The quantitative estimate of drug-likeness (QED) is 0.179. The number of Topliss-reactive ketones (excluding diaryl/α,β-unsaturated/α-hetero) is 1. The SMILES string of the molecule is COc1ccc(C(=O)C(C(=O)Oc2c(C)cc(C)cc2C)c2nc3ccccc3oc2=O)cc1. The summed E-state index contributed by atoms with van der Waals surface area (Å²) in [4.78, 5) is 44.1. The third kappa shape index (κ3) is 4.45. The summed E-state index contributed by atoms with van der Waals surface area (Å²) in [7, 11) is 1.51. The van der Waals surface area contributed by atoms with Gasteiger partial charge in [0.15, 0.2) is 17.3 Å². The first-order valence-electron chi connectivity index (χ1n) is 10.7. The van der Waals surface area contributed by atoms with Crippen molar-refractivity contribution in [3.05, 3.63) is 99.0 Å². The van der Waals surface area contributed by atoms with Crippen LogP contribution in [0.4, 0.5) is 0 Å². The molecule has 0 saturated heterocycles. The van der Waals surface area contributed by atoms with E-state index in [-0.39, 0.29) is 16.8 Å². The number of aryl methyl sites for hydroxylation is 3. The molecule has 1 heterocycles. The summed E-state index contributed by atoms with van der Waals surface area (Å²) in [5.74, 6) is -2.27. The van der Waals surface area contributed by atoms with E-state index < -0.39 is 23.3 Å². The number of hydrogen-bond donors (Lipinski definition) is 0. The minimum Gasteiger partial charge on any atom is -0.497 e. The van der Waals surface area contributed by atoms with E-state index in [1.54, 1.807) is 36.4 Å². The van der Waals surface area contributed by atoms with E-state index in [1.165, 1.54) is 19.2 Å². The summed E-state index contributed by atoms with van der Waals surface area (Å²) in [6.45, 7) is 5.56. The Kier molecular flexibility index (Phi) is 6.27. The Hall–Kier alpha value is -4.26. The molecule has 0 saturated carbocycles. The molecule has 0 radical (unpaired) electrons. The summed E-state index contributed by atoms with van der Waals surface area (Å²) in [6.07, 6.45) is 0. The van der Waals surface area contributed by atoms with Gasteiger partial charge in [-0.1, -0.05) is 29.8 Å². The molecule has 0 aliphatic carbocycles. The molecular formula is C27H23NO6. The predicted octanol–water partition coefficient (Wildman–Crippen LogP) is 4.69. The molecule has 3 aromatic carbocycles. The number of methoxy groups -OCH3 is 1. The lowest BCUT2D eigenvalue weighted by atomic mass is 9.94. The van der Waals surface area contributed by atoms with E-state index in [0.717, 1.165) is 16.7 Å². The number of aromatic nitrogens is 1. The van der Waals surface area contributed by atoms with Crippen molar-refractivity contribution in [3.8, 4) is 11.5 Å². The third-order valence-corrected chi connectivity index (χ3v) is 5.47. The Morgan fingerprint density at radius 3 is 2.24 bits per heavy atom. The van der Waals surface area contributed by atoms with E-state index >= 15 is 0 Å². The van der Waals surface area contributed by atoms with Crippen LogP contribution in [0.1, 0.15) is 38.7 Å². The number of carbonyl (C=O) groups is 2. The van der Waals surface area contributed by atoms with E-state index in [1.807, 2.05) is 32.9 Å². The summed E-state index contributed by atoms with van der Waals surface area (Å²) in [5, 5.41) is 0. The van der Waals surface area contributed by atoms with Crippen molar-refractivity contribution in [1.82, 2.24) is 4.98 Å². The molecule has 0 fully saturated rings. The molecule has 7 nitrogen and oxygen atoms in total. The van der Waals surface area contributed by atoms with E-state index in [0.29, 0.717) is 17.0 Å². The van der Waals surface area contributed by atoms with Crippen molar-refractivity contribution < 1.29 is 23.5 Å². The molecule has 0 spiro atoms. The van der Waals surface area contributed by atoms with Crippen LogP contribution in [0.2, 0.25) is 0 Å². The largest absolute Gasteiger partial charge is 0.497 e. The number of fused-ring (bicyclic) bond motifs is 1. The minimum absolute atomic E-state index is 0.203. The average molecular weight is 457 g/mol. The molecule has 0 amide bonds. The molecule has 34 heavy (non-hydrogen) atoms.